The first kappa shape index (κ1) is 7.28. The van der Waals surface area contributed by atoms with E-state index in [0.29, 0.717) is 0 Å². The zero-order valence-electron chi connectivity index (χ0n) is 8.02. The fraction of sp³-hybridized carbons (Fsp3) is 1.00. The lowest BCUT2D eigenvalue weighted by molar-refractivity contribution is 0.126. The van der Waals surface area contributed by atoms with Crippen molar-refractivity contribution in [3.05, 3.63) is 0 Å². The molecule has 0 aromatic rings. The van der Waals surface area contributed by atoms with Crippen molar-refractivity contribution in [1.82, 2.24) is 0 Å². The van der Waals surface area contributed by atoms with Crippen LogP contribution in [0.2, 0.25) is 0 Å². The predicted octanol–water partition coefficient (Wildman–Crippen LogP) is 2.05. The van der Waals surface area contributed by atoms with Crippen LogP contribution in [0.3, 0.4) is 0 Å². The molecule has 0 spiro atoms. The second-order valence-corrected chi connectivity index (χ2v) is 6.02. The summed E-state index contributed by atoms with van der Waals surface area (Å²) in [5.74, 6) is 5.79. The number of fused-ring (bicyclic) bond motifs is 4. The molecule has 0 radical (unpaired) electrons. The normalized spacial score (nSPS) is 67.6. The van der Waals surface area contributed by atoms with Crippen molar-refractivity contribution in [2.24, 2.45) is 35.5 Å². The highest BCUT2D eigenvalue weighted by Crippen LogP contribution is 2.65. The van der Waals surface area contributed by atoms with Gasteiger partial charge in [0.25, 0.3) is 0 Å². The summed E-state index contributed by atoms with van der Waals surface area (Å²) >= 11 is 0. The van der Waals surface area contributed by atoms with E-state index in [9.17, 15) is 5.11 Å². The maximum atomic E-state index is 9.98. The van der Waals surface area contributed by atoms with Crippen LogP contribution in [-0.4, -0.2) is 11.2 Å². The molecule has 0 heterocycles. The third-order valence-corrected chi connectivity index (χ3v) is 5.13. The Labute approximate surface area is 79.5 Å². The van der Waals surface area contributed by atoms with Crippen LogP contribution in [-0.2, 0) is 0 Å². The first-order chi connectivity index (χ1) is 6.33. The summed E-state index contributed by atoms with van der Waals surface area (Å²) in [6, 6.07) is 0. The number of aliphatic hydroxyl groups is 1. The fourth-order valence-corrected chi connectivity index (χ4v) is 4.00. The zero-order chi connectivity index (χ0) is 8.58. The van der Waals surface area contributed by atoms with E-state index < -0.39 is 0 Å². The second-order valence-electron chi connectivity index (χ2n) is 6.02. The van der Waals surface area contributed by atoms with Crippen molar-refractivity contribution >= 4 is 0 Å². The zero-order valence-corrected chi connectivity index (χ0v) is 8.02. The van der Waals surface area contributed by atoms with Gasteiger partial charge in [0, 0.05) is 0 Å². The molecule has 4 saturated carbocycles. The summed E-state index contributed by atoms with van der Waals surface area (Å²) in [5.41, 5.74) is 0. The highest BCUT2D eigenvalue weighted by atomic mass is 16.3. The minimum absolute atomic E-state index is 0.0827. The molecular formula is C12H18O. The van der Waals surface area contributed by atoms with E-state index in [1.54, 1.807) is 0 Å². The molecule has 4 fully saturated rings. The number of aliphatic hydroxyl groups excluding tert-OH is 1. The van der Waals surface area contributed by atoms with Gasteiger partial charge in [-0.2, -0.15) is 0 Å². The average Bonchev–Trinajstić information content (AvgIpc) is 2.85. The number of rotatable bonds is 0. The molecule has 1 N–H and O–H groups in total. The molecule has 4 aliphatic rings. The first-order valence-electron chi connectivity index (χ1n) is 6.01. The highest BCUT2D eigenvalue weighted by molar-refractivity contribution is 5.08. The molecule has 1 heteroatoms. The van der Waals surface area contributed by atoms with E-state index in [-0.39, 0.29) is 6.10 Å². The van der Waals surface area contributed by atoms with Gasteiger partial charge in [-0.15, -0.1) is 0 Å². The van der Waals surface area contributed by atoms with Crippen LogP contribution in [0, 0.1) is 35.5 Å². The van der Waals surface area contributed by atoms with Crippen molar-refractivity contribution in [3.63, 3.8) is 0 Å². The van der Waals surface area contributed by atoms with Gasteiger partial charge in [0.05, 0.1) is 6.10 Å². The molecule has 7 atom stereocenters. The number of hydrogen-bond donors (Lipinski definition) is 1. The smallest absolute Gasteiger partial charge is 0.0574 e. The minimum atomic E-state index is 0.0827. The minimum Gasteiger partial charge on any atom is -0.393 e. The lowest BCUT2D eigenvalue weighted by Gasteiger charge is -2.08. The summed E-state index contributed by atoms with van der Waals surface area (Å²) in [5, 5.41) is 9.98. The summed E-state index contributed by atoms with van der Waals surface area (Å²) in [6.07, 6.45) is 7.06. The van der Waals surface area contributed by atoms with Gasteiger partial charge < -0.3 is 5.11 Å². The van der Waals surface area contributed by atoms with Crippen LogP contribution < -0.4 is 0 Å². The Morgan fingerprint density at radius 1 is 0.615 bits per heavy atom. The van der Waals surface area contributed by atoms with Gasteiger partial charge in [-0.05, 0) is 67.6 Å². The largest absolute Gasteiger partial charge is 0.393 e. The van der Waals surface area contributed by atoms with Gasteiger partial charge in [0.15, 0.2) is 0 Å². The maximum absolute atomic E-state index is 9.98. The molecule has 4 rings (SSSR count). The standard InChI is InChI=1S/C12H18O/c13-12-4-7-1-6(7)2-8-3-9(8)10-5-11(10)12/h6-13H,1-5H2. The Bertz CT molecular complexity index is 250. The number of hydrogen-bond acceptors (Lipinski definition) is 1. The van der Waals surface area contributed by atoms with Crippen LogP contribution >= 0.6 is 0 Å². The van der Waals surface area contributed by atoms with Crippen molar-refractivity contribution in [1.29, 1.82) is 0 Å². The SMILES string of the molecule is OC1CC2CC2CC2CC2C2CC12. The Morgan fingerprint density at radius 2 is 1.38 bits per heavy atom. The lowest BCUT2D eigenvalue weighted by Crippen LogP contribution is -2.12. The molecule has 0 aromatic heterocycles. The van der Waals surface area contributed by atoms with E-state index in [4.69, 9.17) is 0 Å². The van der Waals surface area contributed by atoms with Crippen LogP contribution in [0.15, 0.2) is 0 Å². The first-order valence-corrected chi connectivity index (χ1v) is 6.01. The van der Waals surface area contributed by atoms with E-state index in [2.05, 4.69) is 0 Å². The van der Waals surface area contributed by atoms with Crippen molar-refractivity contribution < 1.29 is 5.11 Å². The third-order valence-electron chi connectivity index (χ3n) is 5.13. The van der Waals surface area contributed by atoms with Gasteiger partial charge in [0.1, 0.15) is 0 Å². The van der Waals surface area contributed by atoms with Gasteiger partial charge in [0.2, 0.25) is 0 Å². The Balaban J connectivity index is 1.57. The monoisotopic (exact) mass is 178 g/mol. The Kier molecular flexibility index (Phi) is 1.19. The fourth-order valence-electron chi connectivity index (χ4n) is 4.00. The van der Waals surface area contributed by atoms with Gasteiger partial charge in [-0.3, -0.25) is 0 Å². The molecule has 72 valence electrons. The van der Waals surface area contributed by atoms with E-state index >= 15 is 0 Å². The van der Waals surface area contributed by atoms with Crippen molar-refractivity contribution in [2.45, 2.75) is 38.2 Å². The van der Waals surface area contributed by atoms with E-state index in [1.165, 1.54) is 25.7 Å². The summed E-state index contributed by atoms with van der Waals surface area (Å²) in [6.45, 7) is 0. The van der Waals surface area contributed by atoms with Gasteiger partial charge in [-0.1, -0.05) is 0 Å². The van der Waals surface area contributed by atoms with E-state index in [1.807, 2.05) is 0 Å². The third kappa shape index (κ3) is 1.03. The summed E-state index contributed by atoms with van der Waals surface area (Å²) in [7, 11) is 0. The van der Waals surface area contributed by atoms with E-state index in [0.717, 1.165) is 41.9 Å². The quantitative estimate of drug-likeness (QED) is 0.602. The van der Waals surface area contributed by atoms with Crippen molar-refractivity contribution in [3.8, 4) is 0 Å². The van der Waals surface area contributed by atoms with Gasteiger partial charge >= 0.3 is 0 Å². The van der Waals surface area contributed by atoms with Crippen LogP contribution in [0.5, 0.6) is 0 Å². The summed E-state index contributed by atoms with van der Waals surface area (Å²) in [4.78, 5) is 0. The Morgan fingerprint density at radius 3 is 2.31 bits per heavy atom. The molecular weight excluding hydrogens is 160 g/mol. The topological polar surface area (TPSA) is 20.2 Å². The highest BCUT2D eigenvalue weighted by Gasteiger charge is 2.59. The van der Waals surface area contributed by atoms with Crippen LogP contribution in [0.4, 0.5) is 0 Å². The Hall–Kier alpha value is -0.0400. The molecule has 7 unspecified atom stereocenters. The molecule has 0 aromatic carbocycles. The van der Waals surface area contributed by atoms with Crippen LogP contribution in [0.1, 0.15) is 32.1 Å². The van der Waals surface area contributed by atoms with Crippen molar-refractivity contribution in [2.75, 3.05) is 0 Å². The average molecular weight is 178 g/mol. The molecule has 0 amide bonds. The molecule has 0 bridgehead atoms. The molecule has 0 aliphatic heterocycles. The molecule has 13 heavy (non-hydrogen) atoms. The van der Waals surface area contributed by atoms with Gasteiger partial charge in [-0.25, -0.2) is 0 Å². The summed E-state index contributed by atoms with van der Waals surface area (Å²) < 4.78 is 0. The molecule has 4 aliphatic carbocycles. The second kappa shape index (κ2) is 2.13. The molecule has 1 nitrogen and oxygen atoms in total. The molecule has 0 saturated heterocycles. The maximum Gasteiger partial charge on any atom is 0.0574 e. The predicted molar refractivity (Wildman–Crippen MR) is 50.0 cm³/mol. The lowest BCUT2D eigenvalue weighted by atomic mass is 10.1. The van der Waals surface area contributed by atoms with Crippen LogP contribution in [0.25, 0.3) is 0 Å².